The number of aliphatic hydroxyl groups is 4. The molecule has 2 heterocycles. The summed E-state index contributed by atoms with van der Waals surface area (Å²) in [6, 6.07) is 12.4. The van der Waals surface area contributed by atoms with Gasteiger partial charge >= 0.3 is 0 Å². The standard InChI is InChI=1S/C23H27ClO8S/c24-18-6-3-14(23-22(28)21(27)20(26)19(11-25)32-23)10-15(18)9-13-1-4-16(5-2-13)31-17-7-8-33(29,30)12-17/h1-6,10,17,19-23,25-28H,7-9,11-12H2/t17?,19?,20-,21+,22-,23+/m1/s1. The van der Waals surface area contributed by atoms with Crippen LogP contribution in [0, 0.1) is 0 Å². The third-order valence-corrected chi connectivity index (χ3v) is 8.21. The van der Waals surface area contributed by atoms with Gasteiger partial charge in [-0.2, -0.15) is 0 Å². The van der Waals surface area contributed by atoms with Gasteiger partial charge in [-0.1, -0.05) is 35.9 Å². The van der Waals surface area contributed by atoms with Crippen LogP contribution in [0.3, 0.4) is 0 Å². The second kappa shape index (κ2) is 9.87. The number of hydrogen-bond donors (Lipinski definition) is 4. The predicted molar refractivity (Wildman–Crippen MR) is 121 cm³/mol. The summed E-state index contributed by atoms with van der Waals surface area (Å²) in [7, 11) is -3.01. The fourth-order valence-corrected chi connectivity index (χ4v) is 6.01. The number of halogens is 1. The highest BCUT2D eigenvalue weighted by atomic mass is 35.5. The van der Waals surface area contributed by atoms with Gasteiger partial charge in [-0.3, -0.25) is 0 Å². The van der Waals surface area contributed by atoms with Crippen LogP contribution in [-0.2, 0) is 21.0 Å². The minimum atomic E-state index is -3.01. The molecule has 0 bridgehead atoms. The van der Waals surface area contributed by atoms with E-state index in [1.807, 2.05) is 12.1 Å². The number of hydrogen-bond acceptors (Lipinski definition) is 8. The first-order valence-corrected chi connectivity index (χ1v) is 12.9. The summed E-state index contributed by atoms with van der Waals surface area (Å²) in [5.74, 6) is 0.788. The zero-order chi connectivity index (χ0) is 23.8. The van der Waals surface area contributed by atoms with Gasteiger partial charge < -0.3 is 29.9 Å². The van der Waals surface area contributed by atoms with E-state index in [4.69, 9.17) is 21.1 Å². The smallest absolute Gasteiger partial charge is 0.154 e. The fourth-order valence-electron chi connectivity index (χ4n) is 4.24. The molecule has 8 nitrogen and oxygen atoms in total. The van der Waals surface area contributed by atoms with E-state index in [1.54, 1.807) is 30.3 Å². The van der Waals surface area contributed by atoms with Gasteiger partial charge in [-0.05, 0) is 47.7 Å². The molecule has 0 spiro atoms. The number of sulfone groups is 1. The number of ether oxygens (including phenoxy) is 2. The molecule has 0 amide bonds. The van der Waals surface area contributed by atoms with Crippen LogP contribution in [0.1, 0.15) is 29.2 Å². The van der Waals surface area contributed by atoms with Crippen LogP contribution in [0.25, 0.3) is 0 Å². The quantitative estimate of drug-likeness (QED) is 0.464. The molecular weight excluding hydrogens is 472 g/mol. The van der Waals surface area contributed by atoms with Crippen molar-refractivity contribution in [2.45, 2.75) is 49.5 Å². The molecule has 2 aromatic carbocycles. The topological polar surface area (TPSA) is 134 Å². The second-order valence-corrected chi connectivity index (χ2v) is 11.2. The summed E-state index contributed by atoms with van der Waals surface area (Å²) in [5, 5.41) is 40.4. The lowest BCUT2D eigenvalue weighted by Crippen LogP contribution is -2.55. The Balaban J connectivity index is 1.47. The molecule has 2 unspecified atom stereocenters. The number of benzene rings is 2. The molecule has 4 rings (SSSR count). The van der Waals surface area contributed by atoms with Crippen molar-refractivity contribution < 1.29 is 38.3 Å². The molecule has 2 aliphatic heterocycles. The highest BCUT2D eigenvalue weighted by molar-refractivity contribution is 7.91. The molecule has 2 aliphatic rings. The van der Waals surface area contributed by atoms with Crippen LogP contribution < -0.4 is 4.74 Å². The van der Waals surface area contributed by atoms with Crippen molar-refractivity contribution in [2.75, 3.05) is 18.1 Å². The first-order chi connectivity index (χ1) is 15.7. The van der Waals surface area contributed by atoms with Gasteiger partial charge in [-0.15, -0.1) is 0 Å². The third-order valence-electron chi connectivity index (χ3n) is 6.10. The van der Waals surface area contributed by atoms with Crippen LogP contribution in [0.15, 0.2) is 42.5 Å². The molecule has 0 aliphatic carbocycles. The fraction of sp³-hybridized carbons (Fsp3) is 0.478. The molecule has 10 heteroatoms. The average Bonchev–Trinajstić information content (AvgIpc) is 3.13. The van der Waals surface area contributed by atoms with Crippen LogP contribution in [-0.4, -0.2) is 77.5 Å². The Labute approximate surface area is 197 Å². The summed E-state index contributed by atoms with van der Waals surface area (Å²) in [4.78, 5) is 0. The summed E-state index contributed by atoms with van der Waals surface area (Å²) in [5.41, 5.74) is 2.27. The second-order valence-electron chi connectivity index (χ2n) is 8.56. The van der Waals surface area contributed by atoms with Crippen molar-refractivity contribution in [3.8, 4) is 5.75 Å². The van der Waals surface area contributed by atoms with Gasteiger partial charge in [0, 0.05) is 5.02 Å². The molecule has 2 aromatic rings. The summed E-state index contributed by atoms with van der Waals surface area (Å²) >= 11 is 6.39. The molecule has 0 saturated carbocycles. The molecule has 0 radical (unpaired) electrons. The van der Waals surface area contributed by atoms with E-state index in [9.17, 15) is 28.8 Å². The molecular formula is C23H27ClO8S. The largest absolute Gasteiger partial charge is 0.489 e. The minimum absolute atomic E-state index is 0.0368. The van der Waals surface area contributed by atoms with Gasteiger partial charge in [0.1, 0.15) is 42.4 Å². The summed E-state index contributed by atoms with van der Waals surface area (Å²) in [6.45, 7) is -0.497. The van der Waals surface area contributed by atoms with Crippen LogP contribution in [0.2, 0.25) is 5.02 Å². The van der Waals surface area contributed by atoms with E-state index < -0.39 is 47.0 Å². The van der Waals surface area contributed by atoms with E-state index >= 15 is 0 Å². The van der Waals surface area contributed by atoms with Crippen LogP contribution >= 0.6 is 11.6 Å². The van der Waals surface area contributed by atoms with Crippen molar-refractivity contribution in [3.05, 3.63) is 64.2 Å². The molecule has 180 valence electrons. The zero-order valence-electron chi connectivity index (χ0n) is 17.7. The Hall–Kier alpha value is -1.72. The molecule has 2 fully saturated rings. The van der Waals surface area contributed by atoms with Crippen molar-refractivity contribution >= 4 is 21.4 Å². The van der Waals surface area contributed by atoms with Gasteiger partial charge in [0.15, 0.2) is 9.84 Å². The maximum absolute atomic E-state index is 11.6. The van der Waals surface area contributed by atoms with Crippen molar-refractivity contribution in [1.29, 1.82) is 0 Å². The molecule has 2 saturated heterocycles. The first kappa shape index (κ1) is 24.4. The Kier molecular flexibility index (Phi) is 7.30. The summed E-state index contributed by atoms with van der Waals surface area (Å²) < 4.78 is 34.6. The van der Waals surface area contributed by atoms with Gasteiger partial charge in [0.25, 0.3) is 0 Å². The molecule has 33 heavy (non-hydrogen) atoms. The minimum Gasteiger partial charge on any atom is -0.489 e. The highest BCUT2D eigenvalue weighted by Gasteiger charge is 2.44. The van der Waals surface area contributed by atoms with Crippen molar-refractivity contribution in [1.82, 2.24) is 0 Å². The van der Waals surface area contributed by atoms with Crippen LogP contribution in [0.4, 0.5) is 0 Å². The van der Waals surface area contributed by atoms with Gasteiger partial charge in [0.05, 0.1) is 18.1 Å². The van der Waals surface area contributed by atoms with E-state index in [-0.39, 0.29) is 17.6 Å². The molecule has 6 atom stereocenters. The number of rotatable bonds is 6. The Morgan fingerprint density at radius 2 is 1.76 bits per heavy atom. The Morgan fingerprint density at radius 3 is 2.39 bits per heavy atom. The van der Waals surface area contributed by atoms with Gasteiger partial charge in [0.2, 0.25) is 0 Å². The average molecular weight is 499 g/mol. The first-order valence-electron chi connectivity index (χ1n) is 10.7. The maximum atomic E-state index is 11.6. The van der Waals surface area contributed by atoms with Crippen molar-refractivity contribution in [2.24, 2.45) is 0 Å². The van der Waals surface area contributed by atoms with Gasteiger partial charge in [-0.25, -0.2) is 8.42 Å². The predicted octanol–water partition coefficient (Wildman–Crippen LogP) is 1.01. The Bertz CT molecular complexity index is 1070. The number of aliphatic hydroxyl groups excluding tert-OH is 4. The summed E-state index contributed by atoms with van der Waals surface area (Å²) in [6.07, 6.45) is -5.53. The van der Waals surface area contributed by atoms with E-state index in [0.717, 1.165) is 11.1 Å². The van der Waals surface area contributed by atoms with E-state index in [2.05, 4.69) is 0 Å². The van der Waals surface area contributed by atoms with Crippen molar-refractivity contribution in [3.63, 3.8) is 0 Å². The third kappa shape index (κ3) is 5.51. The monoisotopic (exact) mass is 498 g/mol. The van der Waals surface area contributed by atoms with E-state index in [1.165, 1.54) is 0 Å². The lowest BCUT2D eigenvalue weighted by molar-refractivity contribution is -0.231. The lowest BCUT2D eigenvalue weighted by atomic mass is 9.90. The Morgan fingerprint density at radius 1 is 1.03 bits per heavy atom. The maximum Gasteiger partial charge on any atom is 0.154 e. The van der Waals surface area contributed by atoms with E-state index in [0.29, 0.717) is 29.2 Å². The molecule has 4 N–H and O–H groups in total. The normalized spacial score (nSPS) is 31.4. The molecule has 0 aromatic heterocycles. The highest BCUT2D eigenvalue weighted by Crippen LogP contribution is 2.34. The zero-order valence-corrected chi connectivity index (χ0v) is 19.3. The lowest BCUT2D eigenvalue weighted by Gasteiger charge is -2.40. The van der Waals surface area contributed by atoms with Crippen LogP contribution in [0.5, 0.6) is 5.75 Å². The SMILES string of the molecule is O=S1(=O)CCC(Oc2ccc(Cc3cc([C@@H]4OC(CO)[C@@H](O)[C@H](O)[C@H]4O)ccc3Cl)cc2)C1.